The van der Waals surface area contributed by atoms with E-state index in [0.717, 1.165) is 11.0 Å². The first-order valence-corrected chi connectivity index (χ1v) is 12.3. The van der Waals surface area contributed by atoms with Gasteiger partial charge in [0, 0.05) is 51.0 Å². The van der Waals surface area contributed by atoms with Crippen molar-refractivity contribution in [3.63, 3.8) is 0 Å². The Morgan fingerprint density at radius 2 is 1.90 bits per heavy atom. The maximum Gasteiger partial charge on any atom is 0.246 e. The summed E-state index contributed by atoms with van der Waals surface area (Å²) < 4.78 is 22.7. The standard InChI is InChI=1S/C27H24FN9O2/c1-3-24(38)36-8-10-37(11-9-36)27-29-14-21-25(34-27)26(31-15-30-21)33-17-4-7-23(19(28)12-17)39-18-5-6-22-20(13-18)32-16-35(22)2/h3-7,12-16H,1,8-11H2,2H3,(H,30,31,33). The monoisotopic (exact) mass is 525 g/mol. The van der Waals surface area contributed by atoms with Crippen molar-refractivity contribution in [2.75, 3.05) is 36.4 Å². The zero-order valence-electron chi connectivity index (χ0n) is 21.1. The maximum atomic E-state index is 15.0. The fraction of sp³-hybridized carbons (Fsp3) is 0.185. The van der Waals surface area contributed by atoms with Gasteiger partial charge in [-0.15, -0.1) is 0 Å². The number of nitrogens with zero attached hydrogens (tertiary/aromatic N) is 8. The van der Waals surface area contributed by atoms with E-state index in [1.807, 2.05) is 22.6 Å². The first-order chi connectivity index (χ1) is 19.0. The van der Waals surface area contributed by atoms with Gasteiger partial charge in [0.25, 0.3) is 0 Å². The van der Waals surface area contributed by atoms with Gasteiger partial charge in [-0.1, -0.05) is 6.58 Å². The molecule has 0 saturated carbocycles. The van der Waals surface area contributed by atoms with Gasteiger partial charge >= 0.3 is 0 Å². The van der Waals surface area contributed by atoms with Crippen LogP contribution >= 0.6 is 0 Å². The Morgan fingerprint density at radius 1 is 1.05 bits per heavy atom. The summed E-state index contributed by atoms with van der Waals surface area (Å²) >= 11 is 0. The average Bonchev–Trinajstić information content (AvgIpc) is 3.34. The minimum Gasteiger partial charge on any atom is -0.454 e. The number of fused-ring (bicyclic) bond motifs is 2. The predicted octanol–water partition coefficient (Wildman–Crippen LogP) is 3.82. The summed E-state index contributed by atoms with van der Waals surface area (Å²) in [5.41, 5.74) is 3.23. The number of hydrogen-bond acceptors (Lipinski definition) is 9. The van der Waals surface area contributed by atoms with Crippen molar-refractivity contribution in [3.05, 3.63) is 73.7 Å². The molecule has 1 amide bonds. The molecule has 11 nitrogen and oxygen atoms in total. The van der Waals surface area contributed by atoms with Crippen LogP contribution in [0, 0.1) is 5.82 Å². The summed E-state index contributed by atoms with van der Waals surface area (Å²) in [4.78, 5) is 37.6. The molecule has 6 rings (SSSR count). The lowest BCUT2D eigenvalue weighted by Crippen LogP contribution is -2.48. The topological polar surface area (TPSA) is 114 Å². The minimum absolute atomic E-state index is 0.0852. The average molecular weight is 526 g/mol. The summed E-state index contributed by atoms with van der Waals surface area (Å²) in [6, 6.07) is 10.0. The van der Waals surface area contributed by atoms with Crippen molar-refractivity contribution in [1.29, 1.82) is 0 Å². The molecule has 0 spiro atoms. The van der Waals surface area contributed by atoms with Gasteiger partial charge < -0.3 is 24.4 Å². The molecule has 0 aliphatic carbocycles. The zero-order valence-corrected chi connectivity index (χ0v) is 21.1. The van der Waals surface area contributed by atoms with Gasteiger partial charge in [0.1, 0.15) is 23.1 Å². The molecule has 1 aliphatic heterocycles. The number of ether oxygens (including phenoxy) is 1. The number of aromatic nitrogens is 6. The third-order valence-corrected chi connectivity index (χ3v) is 6.53. The van der Waals surface area contributed by atoms with Gasteiger partial charge in [-0.3, -0.25) is 4.79 Å². The Bertz CT molecular complexity index is 1710. The number of nitrogens with one attached hydrogen (secondary N) is 1. The van der Waals surface area contributed by atoms with Crippen LogP contribution in [0.4, 0.5) is 21.8 Å². The Kier molecular flexibility index (Phi) is 6.19. The highest BCUT2D eigenvalue weighted by Crippen LogP contribution is 2.30. The molecule has 3 aromatic heterocycles. The SMILES string of the molecule is C=CC(=O)N1CCN(c2ncc3ncnc(Nc4ccc(Oc5ccc6c(c5)ncn6C)c(F)c4)c3n2)CC1. The van der Waals surface area contributed by atoms with Crippen LogP contribution < -0.4 is 15.0 Å². The van der Waals surface area contributed by atoms with Gasteiger partial charge in [0.05, 0.1) is 23.6 Å². The molecular weight excluding hydrogens is 501 g/mol. The number of hydrogen-bond donors (Lipinski definition) is 1. The van der Waals surface area contributed by atoms with E-state index in [1.165, 1.54) is 18.5 Å². The van der Waals surface area contributed by atoms with Crippen LogP contribution in [0.3, 0.4) is 0 Å². The van der Waals surface area contributed by atoms with Gasteiger partial charge in [0.2, 0.25) is 11.9 Å². The van der Waals surface area contributed by atoms with Crippen molar-refractivity contribution in [2.45, 2.75) is 0 Å². The lowest BCUT2D eigenvalue weighted by Gasteiger charge is -2.34. The number of rotatable bonds is 6. The molecule has 1 saturated heterocycles. The molecule has 1 aliphatic rings. The molecule has 196 valence electrons. The van der Waals surface area contributed by atoms with E-state index in [0.29, 0.717) is 60.4 Å². The number of piperazine rings is 1. The molecule has 2 aromatic carbocycles. The van der Waals surface area contributed by atoms with Gasteiger partial charge in [-0.05, 0) is 30.3 Å². The van der Waals surface area contributed by atoms with E-state index in [9.17, 15) is 4.79 Å². The molecule has 5 aromatic rings. The van der Waals surface area contributed by atoms with E-state index < -0.39 is 5.82 Å². The molecule has 0 radical (unpaired) electrons. The first kappa shape index (κ1) is 24.2. The van der Waals surface area contributed by atoms with Crippen LogP contribution in [0.1, 0.15) is 0 Å². The van der Waals surface area contributed by atoms with Gasteiger partial charge in [-0.25, -0.2) is 29.3 Å². The van der Waals surface area contributed by atoms with Crippen molar-refractivity contribution < 1.29 is 13.9 Å². The smallest absolute Gasteiger partial charge is 0.246 e. The summed E-state index contributed by atoms with van der Waals surface area (Å²) in [7, 11) is 1.91. The number of carbonyl (C=O) groups is 1. The fourth-order valence-corrected chi connectivity index (χ4v) is 4.45. The second-order valence-corrected chi connectivity index (χ2v) is 9.02. The lowest BCUT2D eigenvalue weighted by atomic mass is 10.2. The molecule has 39 heavy (non-hydrogen) atoms. The number of halogens is 1. The quantitative estimate of drug-likeness (QED) is 0.331. The Hall–Kier alpha value is -5.13. The van der Waals surface area contributed by atoms with Gasteiger partial charge in [-0.2, -0.15) is 0 Å². The molecule has 1 fully saturated rings. The number of imidazole rings is 1. The van der Waals surface area contributed by atoms with Crippen LogP contribution in [0.2, 0.25) is 0 Å². The number of benzene rings is 2. The number of amides is 1. The second-order valence-electron chi connectivity index (χ2n) is 9.02. The zero-order chi connectivity index (χ0) is 26.9. The highest BCUT2D eigenvalue weighted by Gasteiger charge is 2.22. The highest BCUT2D eigenvalue weighted by molar-refractivity contribution is 5.88. The Balaban J connectivity index is 1.20. The molecule has 12 heteroatoms. The first-order valence-electron chi connectivity index (χ1n) is 12.3. The molecule has 0 unspecified atom stereocenters. The van der Waals surface area contributed by atoms with Crippen LogP contribution in [-0.4, -0.2) is 66.5 Å². The van der Waals surface area contributed by atoms with E-state index in [4.69, 9.17) is 4.74 Å². The Morgan fingerprint density at radius 3 is 2.69 bits per heavy atom. The van der Waals surface area contributed by atoms with Crippen LogP contribution in [0.5, 0.6) is 11.5 Å². The van der Waals surface area contributed by atoms with Crippen molar-refractivity contribution in [1.82, 2.24) is 34.4 Å². The summed E-state index contributed by atoms with van der Waals surface area (Å²) in [5, 5.41) is 3.13. The van der Waals surface area contributed by atoms with Gasteiger partial charge in [0.15, 0.2) is 17.4 Å². The van der Waals surface area contributed by atoms with E-state index in [2.05, 4.69) is 36.8 Å². The molecule has 1 N–H and O–H groups in total. The van der Waals surface area contributed by atoms with Crippen molar-refractivity contribution in [3.8, 4) is 11.5 Å². The summed E-state index contributed by atoms with van der Waals surface area (Å²) in [6.45, 7) is 5.81. The van der Waals surface area contributed by atoms with E-state index >= 15 is 4.39 Å². The maximum absolute atomic E-state index is 15.0. The van der Waals surface area contributed by atoms with Crippen molar-refractivity contribution in [2.24, 2.45) is 7.05 Å². The minimum atomic E-state index is -0.540. The van der Waals surface area contributed by atoms with Crippen LogP contribution in [0.25, 0.3) is 22.1 Å². The molecule has 0 atom stereocenters. The number of aryl methyl sites for hydroxylation is 1. The fourth-order valence-electron chi connectivity index (χ4n) is 4.45. The predicted molar refractivity (Wildman–Crippen MR) is 145 cm³/mol. The molecule has 4 heterocycles. The lowest BCUT2D eigenvalue weighted by molar-refractivity contribution is -0.126. The Labute approximate surface area is 222 Å². The molecule has 0 bridgehead atoms. The van der Waals surface area contributed by atoms with Crippen molar-refractivity contribution >= 4 is 45.4 Å². The van der Waals surface area contributed by atoms with Crippen LogP contribution in [-0.2, 0) is 11.8 Å². The second kappa shape index (κ2) is 9.97. The van der Waals surface area contributed by atoms with E-state index in [1.54, 1.807) is 41.7 Å². The summed E-state index contributed by atoms with van der Waals surface area (Å²) in [5.74, 6) is 0.862. The normalized spacial score (nSPS) is 13.6. The number of anilines is 3. The van der Waals surface area contributed by atoms with E-state index in [-0.39, 0.29) is 11.7 Å². The largest absolute Gasteiger partial charge is 0.454 e. The van der Waals surface area contributed by atoms with Crippen LogP contribution in [0.15, 0.2) is 67.9 Å². The third kappa shape index (κ3) is 4.79. The summed E-state index contributed by atoms with van der Waals surface area (Å²) in [6.07, 6.45) is 6.06. The highest BCUT2D eigenvalue weighted by atomic mass is 19.1. The molecular formula is C27H24FN9O2. The third-order valence-electron chi connectivity index (χ3n) is 6.53. The number of carbonyl (C=O) groups excluding carboxylic acids is 1.